The lowest BCUT2D eigenvalue weighted by molar-refractivity contribution is -0.137. The van der Waals surface area contributed by atoms with Gasteiger partial charge in [-0.05, 0) is 40.8 Å². The van der Waals surface area contributed by atoms with E-state index in [-0.39, 0.29) is 12.3 Å². The van der Waals surface area contributed by atoms with E-state index in [0.717, 1.165) is 47.3 Å². The van der Waals surface area contributed by atoms with Gasteiger partial charge in [0.05, 0.1) is 6.54 Å². The van der Waals surface area contributed by atoms with Crippen LogP contribution in [0.25, 0.3) is 22.5 Å². The van der Waals surface area contributed by atoms with Crippen molar-refractivity contribution in [1.29, 1.82) is 0 Å². The van der Waals surface area contributed by atoms with E-state index >= 15 is 0 Å². The number of hydrogen-bond acceptors (Lipinski definition) is 6. The fourth-order valence-electron chi connectivity index (χ4n) is 4.05. The smallest absolute Gasteiger partial charge is 0.303 e. The van der Waals surface area contributed by atoms with Crippen LogP contribution >= 0.6 is 0 Å². The lowest BCUT2D eigenvalue weighted by Gasteiger charge is -2.17. The monoisotopic (exact) mass is 445 g/mol. The van der Waals surface area contributed by atoms with Gasteiger partial charge in [-0.2, -0.15) is 10.3 Å². The zero-order chi connectivity index (χ0) is 23.0. The van der Waals surface area contributed by atoms with Crippen LogP contribution < -0.4 is 0 Å². The maximum Gasteiger partial charge on any atom is 0.303 e. The summed E-state index contributed by atoms with van der Waals surface area (Å²) in [4.78, 5) is 15.7. The summed E-state index contributed by atoms with van der Waals surface area (Å²) in [6, 6.07) is 16.3. The Morgan fingerprint density at radius 2 is 1.97 bits per heavy atom. The topological polar surface area (TPSA) is 122 Å². The largest absolute Gasteiger partial charge is 0.481 e. The molecule has 2 aromatic carbocycles. The Kier molecular flexibility index (Phi) is 7.19. The van der Waals surface area contributed by atoms with Crippen LogP contribution in [0, 0.1) is 0 Å². The minimum Gasteiger partial charge on any atom is -0.481 e. The zero-order valence-corrected chi connectivity index (χ0v) is 18.6. The highest BCUT2D eigenvalue weighted by Gasteiger charge is 2.20. The highest BCUT2D eigenvalue weighted by atomic mass is 16.4. The van der Waals surface area contributed by atoms with E-state index in [1.165, 1.54) is 0 Å². The molecule has 0 amide bonds. The number of carboxylic acid groups (broad SMARTS) is 1. The Labute approximate surface area is 191 Å². The van der Waals surface area contributed by atoms with Gasteiger partial charge < -0.3 is 5.11 Å². The molecule has 0 spiro atoms. The Hall–Kier alpha value is -3.88. The predicted molar refractivity (Wildman–Crippen MR) is 123 cm³/mol. The predicted octanol–water partition coefficient (Wildman–Crippen LogP) is 4.31. The maximum atomic E-state index is 11.2. The Morgan fingerprint density at radius 3 is 2.70 bits per heavy atom. The van der Waals surface area contributed by atoms with E-state index in [4.69, 9.17) is 5.11 Å². The molecule has 0 aliphatic carbocycles. The number of aliphatic carboxylic acids is 1. The standard InChI is InChI=1S/C24H27N7O2/c1-2-3-7-19(11-13-22(32)33)24-25-16-26-31(24)15-17-10-12-20(18-8-5-4-6-9-18)21(14-17)23-27-29-30-28-23/h4-6,8-10,12,14,16,19H,2-3,7,11,13,15H2,1H3,(H,32,33)(H,27,28,29,30). The van der Waals surface area contributed by atoms with Crippen LogP contribution in [0.1, 0.15) is 56.3 Å². The highest BCUT2D eigenvalue weighted by molar-refractivity contribution is 5.80. The second kappa shape index (κ2) is 10.6. The molecule has 0 radical (unpaired) electrons. The second-order valence-electron chi connectivity index (χ2n) is 8.03. The average Bonchev–Trinajstić information content (AvgIpc) is 3.52. The summed E-state index contributed by atoms with van der Waals surface area (Å²) in [5, 5.41) is 28.3. The van der Waals surface area contributed by atoms with Gasteiger partial charge in [0.25, 0.3) is 0 Å². The van der Waals surface area contributed by atoms with Crippen molar-refractivity contribution in [2.75, 3.05) is 0 Å². The number of carboxylic acids is 1. The van der Waals surface area contributed by atoms with Gasteiger partial charge in [-0.25, -0.2) is 9.67 Å². The molecule has 2 N–H and O–H groups in total. The molecule has 2 aromatic heterocycles. The van der Waals surface area contributed by atoms with E-state index in [2.05, 4.69) is 68.0 Å². The van der Waals surface area contributed by atoms with Crippen molar-refractivity contribution in [2.24, 2.45) is 0 Å². The van der Waals surface area contributed by atoms with Crippen LogP contribution in [-0.2, 0) is 11.3 Å². The maximum absolute atomic E-state index is 11.2. The molecule has 4 aromatic rings. The number of nitrogens with one attached hydrogen (secondary N) is 1. The first-order chi connectivity index (χ1) is 16.2. The first kappa shape index (κ1) is 22.3. The van der Waals surface area contributed by atoms with Gasteiger partial charge in [-0.3, -0.25) is 4.79 Å². The molecule has 170 valence electrons. The van der Waals surface area contributed by atoms with Gasteiger partial charge in [0, 0.05) is 17.9 Å². The number of tetrazole rings is 1. The summed E-state index contributed by atoms with van der Waals surface area (Å²) in [6.07, 6.45) is 5.18. The van der Waals surface area contributed by atoms with Crippen molar-refractivity contribution in [3.05, 3.63) is 66.2 Å². The number of hydrogen-bond donors (Lipinski definition) is 2. The number of carbonyl (C=O) groups is 1. The van der Waals surface area contributed by atoms with E-state index in [9.17, 15) is 4.79 Å². The van der Waals surface area contributed by atoms with Crippen LogP contribution in [0.5, 0.6) is 0 Å². The van der Waals surface area contributed by atoms with Crippen molar-refractivity contribution in [1.82, 2.24) is 35.4 Å². The number of nitrogens with zero attached hydrogens (tertiary/aromatic N) is 6. The van der Waals surface area contributed by atoms with E-state index in [0.29, 0.717) is 18.8 Å². The molecule has 2 heterocycles. The molecular formula is C24H27N7O2. The van der Waals surface area contributed by atoms with Gasteiger partial charge in [0.2, 0.25) is 5.82 Å². The number of aromatic amines is 1. The second-order valence-corrected chi connectivity index (χ2v) is 8.03. The molecule has 1 atom stereocenters. The average molecular weight is 446 g/mol. The van der Waals surface area contributed by atoms with E-state index < -0.39 is 5.97 Å². The van der Waals surface area contributed by atoms with Crippen LogP contribution in [0.2, 0.25) is 0 Å². The minimum absolute atomic E-state index is 0.0591. The number of H-pyrrole nitrogens is 1. The van der Waals surface area contributed by atoms with Crippen LogP contribution in [-0.4, -0.2) is 46.5 Å². The number of benzene rings is 2. The lowest BCUT2D eigenvalue weighted by atomic mass is 9.95. The van der Waals surface area contributed by atoms with Crippen molar-refractivity contribution >= 4 is 5.97 Å². The highest BCUT2D eigenvalue weighted by Crippen LogP contribution is 2.31. The molecule has 4 rings (SSSR count). The summed E-state index contributed by atoms with van der Waals surface area (Å²) in [7, 11) is 0. The molecule has 0 fully saturated rings. The summed E-state index contributed by atoms with van der Waals surface area (Å²) >= 11 is 0. The number of unbranched alkanes of at least 4 members (excludes halogenated alkanes) is 1. The van der Waals surface area contributed by atoms with Gasteiger partial charge in [0.1, 0.15) is 12.2 Å². The molecule has 0 saturated heterocycles. The minimum atomic E-state index is -0.788. The molecule has 9 heteroatoms. The molecule has 33 heavy (non-hydrogen) atoms. The van der Waals surface area contributed by atoms with Crippen LogP contribution in [0.4, 0.5) is 0 Å². The fraction of sp³-hybridized carbons (Fsp3) is 0.333. The molecule has 0 saturated carbocycles. The normalized spacial score (nSPS) is 12.0. The number of rotatable bonds is 11. The van der Waals surface area contributed by atoms with Crippen molar-refractivity contribution < 1.29 is 9.90 Å². The molecule has 1 unspecified atom stereocenters. The van der Waals surface area contributed by atoms with Gasteiger partial charge in [-0.1, -0.05) is 62.2 Å². The molecular weight excluding hydrogens is 418 g/mol. The first-order valence-corrected chi connectivity index (χ1v) is 11.2. The summed E-state index contributed by atoms with van der Waals surface area (Å²) in [5.41, 5.74) is 3.98. The quantitative estimate of drug-likeness (QED) is 0.353. The zero-order valence-electron chi connectivity index (χ0n) is 18.6. The SMILES string of the molecule is CCCCC(CCC(=O)O)c1ncnn1Cc1ccc(-c2ccccc2)c(-c2nn[nH]n2)c1. The summed E-state index contributed by atoms with van der Waals surface area (Å²) in [6.45, 7) is 2.65. The number of aromatic nitrogens is 7. The third-order valence-electron chi connectivity index (χ3n) is 5.71. The van der Waals surface area contributed by atoms with Gasteiger partial charge >= 0.3 is 5.97 Å². The third kappa shape index (κ3) is 5.49. The lowest BCUT2D eigenvalue weighted by Crippen LogP contribution is -2.13. The molecule has 9 nitrogen and oxygen atoms in total. The van der Waals surface area contributed by atoms with E-state index in [1.807, 2.05) is 22.9 Å². The third-order valence-corrected chi connectivity index (χ3v) is 5.71. The van der Waals surface area contributed by atoms with Gasteiger partial charge in [-0.15, -0.1) is 10.2 Å². The van der Waals surface area contributed by atoms with E-state index in [1.54, 1.807) is 6.33 Å². The van der Waals surface area contributed by atoms with Crippen molar-refractivity contribution in [3.8, 4) is 22.5 Å². The van der Waals surface area contributed by atoms with Crippen molar-refractivity contribution in [3.63, 3.8) is 0 Å². The van der Waals surface area contributed by atoms with Gasteiger partial charge in [0.15, 0.2) is 0 Å². The molecule has 0 bridgehead atoms. The summed E-state index contributed by atoms with van der Waals surface area (Å²) in [5.74, 6) is 0.627. The van der Waals surface area contributed by atoms with Crippen LogP contribution in [0.3, 0.4) is 0 Å². The Balaban J connectivity index is 1.64. The van der Waals surface area contributed by atoms with Crippen molar-refractivity contribution in [2.45, 2.75) is 51.5 Å². The fourth-order valence-corrected chi connectivity index (χ4v) is 4.05. The first-order valence-electron chi connectivity index (χ1n) is 11.2. The molecule has 0 aliphatic heterocycles. The Bertz CT molecular complexity index is 1170. The van der Waals surface area contributed by atoms with Crippen LogP contribution in [0.15, 0.2) is 54.9 Å². The molecule has 0 aliphatic rings. The summed E-state index contributed by atoms with van der Waals surface area (Å²) < 4.78 is 1.87. The Morgan fingerprint density at radius 1 is 1.12 bits per heavy atom.